The first-order chi connectivity index (χ1) is 9.29. The van der Waals surface area contributed by atoms with Crippen molar-refractivity contribution in [1.82, 2.24) is 4.90 Å². The molecule has 1 saturated heterocycles. The van der Waals surface area contributed by atoms with Crippen LogP contribution in [0, 0.1) is 17.3 Å². The number of carbonyl (C=O) groups excluding carboxylic acids is 2. The molecule has 0 radical (unpaired) electrons. The Morgan fingerprint density at radius 1 is 1.30 bits per heavy atom. The first-order valence-electron chi connectivity index (χ1n) is 7.45. The molecule has 1 aliphatic carbocycles. The largest absolute Gasteiger partial charge is 0.377 e. The Kier molecular flexibility index (Phi) is 4.37. The fraction of sp³-hybridized carbons (Fsp3) is 0.867. The zero-order valence-corrected chi connectivity index (χ0v) is 12.7. The van der Waals surface area contributed by atoms with Crippen LogP contribution in [-0.2, 0) is 14.3 Å². The lowest BCUT2D eigenvalue weighted by Gasteiger charge is -2.46. The van der Waals surface area contributed by atoms with Crippen LogP contribution < -0.4 is 5.73 Å². The van der Waals surface area contributed by atoms with Gasteiger partial charge in [-0.3, -0.25) is 9.59 Å². The summed E-state index contributed by atoms with van der Waals surface area (Å²) in [6.45, 7) is 8.23. The number of amides is 2. The summed E-state index contributed by atoms with van der Waals surface area (Å²) in [5.74, 6) is 0.541. The average molecular weight is 282 g/mol. The van der Waals surface area contributed by atoms with E-state index in [2.05, 4.69) is 20.8 Å². The van der Waals surface area contributed by atoms with Gasteiger partial charge in [0.05, 0.1) is 19.3 Å². The van der Waals surface area contributed by atoms with Crippen molar-refractivity contribution in [3.8, 4) is 0 Å². The van der Waals surface area contributed by atoms with Crippen molar-refractivity contribution in [3.63, 3.8) is 0 Å². The maximum Gasteiger partial charge on any atom is 0.226 e. The maximum absolute atomic E-state index is 12.6. The van der Waals surface area contributed by atoms with Crippen LogP contribution in [0.2, 0.25) is 0 Å². The molecule has 0 bridgehead atoms. The smallest absolute Gasteiger partial charge is 0.226 e. The molecular formula is C15H26N2O3. The number of carbonyl (C=O) groups is 2. The summed E-state index contributed by atoms with van der Waals surface area (Å²) < 4.78 is 5.37. The lowest BCUT2D eigenvalue weighted by molar-refractivity contribution is -0.151. The predicted octanol–water partition coefficient (Wildman–Crippen LogP) is 1.16. The second-order valence-electron chi connectivity index (χ2n) is 7.16. The monoisotopic (exact) mass is 282 g/mol. The SMILES string of the molecule is CC(C)(C)C1CC(C(=O)N2CCOCC2CC(N)=O)C1. The highest BCUT2D eigenvalue weighted by atomic mass is 16.5. The molecule has 1 saturated carbocycles. The number of nitrogens with zero attached hydrogens (tertiary/aromatic N) is 1. The molecule has 5 nitrogen and oxygen atoms in total. The van der Waals surface area contributed by atoms with Gasteiger partial charge in [-0.2, -0.15) is 0 Å². The van der Waals surface area contributed by atoms with E-state index in [1.54, 1.807) is 0 Å². The van der Waals surface area contributed by atoms with Crippen molar-refractivity contribution in [3.05, 3.63) is 0 Å². The first kappa shape index (κ1) is 15.3. The van der Waals surface area contributed by atoms with Crippen LogP contribution in [0.5, 0.6) is 0 Å². The molecule has 2 rings (SSSR count). The molecule has 1 heterocycles. The van der Waals surface area contributed by atoms with Crippen LogP contribution in [0.1, 0.15) is 40.0 Å². The van der Waals surface area contributed by atoms with Crippen LogP contribution in [0.3, 0.4) is 0 Å². The first-order valence-corrected chi connectivity index (χ1v) is 7.45. The lowest BCUT2D eigenvalue weighted by atomic mass is 9.62. The fourth-order valence-electron chi connectivity index (χ4n) is 3.11. The topological polar surface area (TPSA) is 72.6 Å². The Morgan fingerprint density at radius 2 is 1.95 bits per heavy atom. The molecule has 2 amide bonds. The normalized spacial score (nSPS) is 30.8. The molecule has 114 valence electrons. The number of hydrogen-bond acceptors (Lipinski definition) is 3. The average Bonchev–Trinajstić information content (AvgIpc) is 2.24. The van der Waals surface area contributed by atoms with Gasteiger partial charge in [-0.25, -0.2) is 0 Å². The Morgan fingerprint density at radius 3 is 2.50 bits per heavy atom. The number of morpholine rings is 1. The molecule has 20 heavy (non-hydrogen) atoms. The van der Waals surface area contributed by atoms with Gasteiger partial charge in [0.15, 0.2) is 0 Å². The molecule has 2 N–H and O–H groups in total. The van der Waals surface area contributed by atoms with Gasteiger partial charge in [0, 0.05) is 18.9 Å². The minimum absolute atomic E-state index is 0.118. The molecule has 0 spiro atoms. The minimum atomic E-state index is -0.375. The Balaban J connectivity index is 1.92. The molecule has 5 heteroatoms. The van der Waals surface area contributed by atoms with Gasteiger partial charge in [0.2, 0.25) is 11.8 Å². The van der Waals surface area contributed by atoms with Crippen LogP contribution in [0.15, 0.2) is 0 Å². The van der Waals surface area contributed by atoms with E-state index in [9.17, 15) is 9.59 Å². The van der Waals surface area contributed by atoms with Crippen molar-refractivity contribution in [2.45, 2.75) is 46.1 Å². The zero-order chi connectivity index (χ0) is 14.9. The molecule has 1 unspecified atom stereocenters. The van der Waals surface area contributed by atoms with E-state index in [1.807, 2.05) is 4.90 Å². The Labute approximate surface area is 120 Å². The third-order valence-electron chi connectivity index (χ3n) is 4.66. The molecule has 0 aromatic heterocycles. The van der Waals surface area contributed by atoms with Crippen LogP contribution >= 0.6 is 0 Å². The van der Waals surface area contributed by atoms with E-state index < -0.39 is 0 Å². The van der Waals surface area contributed by atoms with Crippen molar-refractivity contribution in [2.24, 2.45) is 23.0 Å². The number of rotatable bonds is 3. The van der Waals surface area contributed by atoms with Crippen molar-refractivity contribution in [1.29, 1.82) is 0 Å². The highest BCUT2D eigenvalue weighted by molar-refractivity contribution is 5.81. The summed E-state index contributed by atoms with van der Waals surface area (Å²) >= 11 is 0. The number of ether oxygens (including phenoxy) is 1. The molecule has 1 atom stereocenters. The second-order valence-corrected chi connectivity index (χ2v) is 7.16. The highest BCUT2D eigenvalue weighted by Crippen LogP contribution is 2.46. The van der Waals surface area contributed by atoms with Crippen LogP contribution in [0.4, 0.5) is 0 Å². The number of nitrogens with two attached hydrogens (primary N) is 1. The summed E-state index contributed by atoms with van der Waals surface area (Å²) in [5, 5.41) is 0. The summed E-state index contributed by atoms with van der Waals surface area (Å²) in [6, 6.07) is -0.178. The highest BCUT2D eigenvalue weighted by Gasteiger charge is 2.43. The van der Waals surface area contributed by atoms with E-state index in [1.165, 1.54) is 0 Å². The third kappa shape index (κ3) is 3.32. The number of primary amides is 1. The molecular weight excluding hydrogens is 256 g/mol. The molecule has 2 aliphatic rings. The minimum Gasteiger partial charge on any atom is -0.377 e. The van der Waals surface area contributed by atoms with Gasteiger partial charge in [-0.1, -0.05) is 20.8 Å². The van der Waals surface area contributed by atoms with Crippen LogP contribution in [0.25, 0.3) is 0 Å². The zero-order valence-electron chi connectivity index (χ0n) is 12.7. The van der Waals surface area contributed by atoms with Crippen LogP contribution in [-0.4, -0.2) is 42.5 Å². The molecule has 1 aliphatic heterocycles. The molecule has 0 aromatic rings. The van der Waals surface area contributed by atoms with Crippen molar-refractivity contribution >= 4 is 11.8 Å². The second kappa shape index (κ2) is 5.72. The fourth-order valence-corrected chi connectivity index (χ4v) is 3.11. The lowest BCUT2D eigenvalue weighted by Crippen LogP contribution is -2.54. The summed E-state index contributed by atoms with van der Waals surface area (Å²) in [6.07, 6.45) is 2.12. The van der Waals surface area contributed by atoms with E-state index >= 15 is 0 Å². The van der Waals surface area contributed by atoms with E-state index in [0.717, 1.165) is 12.8 Å². The van der Waals surface area contributed by atoms with Crippen molar-refractivity contribution in [2.75, 3.05) is 19.8 Å². The molecule has 2 fully saturated rings. The Bertz CT molecular complexity index is 383. The van der Waals surface area contributed by atoms with Gasteiger partial charge >= 0.3 is 0 Å². The summed E-state index contributed by atoms with van der Waals surface area (Å²) in [4.78, 5) is 25.5. The maximum atomic E-state index is 12.6. The van der Waals surface area contributed by atoms with Gasteiger partial charge in [0.25, 0.3) is 0 Å². The standard InChI is InChI=1S/C15H26N2O3/c1-15(2,3)11-6-10(7-11)14(19)17-4-5-20-9-12(17)8-13(16)18/h10-12H,4-9H2,1-3H3,(H2,16,18). The molecule has 0 aromatic carbocycles. The van der Waals surface area contributed by atoms with E-state index in [4.69, 9.17) is 10.5 Å². The summed E-state index contributed by atoms with van der Waals surface area (Å²) in [7, 11) is 0. The van der Waals surface area contributed by atoms with Gasteiger partial charge in [0.1, 0.15) is 0 Å². The van der Waals surface area contributed by atoms with E-state index in [0.29, 0.717) is 25.7 Å². The van der Waals surface area contributed by atoms with Crippen molar-refractivity contribution < 1.29 is 14.3 Å². The predicted molar refractivity (Wildman–Crippen MR) is 75.8 cm³/mol. The third-order valence-corrected chi connectivity index (χ3v) is 4.66. The number of hydrogen-bond donors (Lipinski definition) is 1. The van der Waals surface area contributed by atoms with Gasteiger partial charge in [-0.05, 0) is 24.2 Å². The van der Waals surface area contributed by atoms with Gasteiger partial charge < -0.3 is 15.4 Å². The van der Waals surface area contributed by atoms with Gasteiger partial charge in [-0.15, -0.1) is 0 Å². The Hall–Kier alpha value is -1.10. The van der Waals surface area contributed by atoms with E-state index in [-0.39, 0.29) is 35.6 Å². The summed E-state index contributed by atoms with van der Waals surface area (Å²) in [5.41, 5.74) is 5.53. The quantitative estimate of drug-likeness (QED) is 0.844.